The van der Waals surface area contributed by atoms with Crippen LogP contribution >= 0.6 is 28.1 Å². The molecule has 0 atom stereocenters. The first-order chi connectivity index (χ1) is 5.20. The van der Waals surface area contributed by atoms with E-state index in [0.717, 1.165) is 0 Å². The van der Waals surface area contributed by atoms with E-state index in [9.17, 15) is 0 Å². The summed E-state index contributed by atoms with van der Waals surface area (Å²) >= 11 is 12.5. The summed E-state index contributed by atoms with van der Waals surface area (Å²) in [5.74, 6) is 0. The molecule has 0 bridgehead atoms. The largest absolute Gasteiger partial charge is 2.00 e. The van der Waals surface area contributed by atoms with Crippen LogP contribution in [-0.2, 0) is 46.3 Å². The Labute approximate surface area is 117 Å². The molecule has 0 aliphatic carbocycles. The summed E-state index contributed by atoms with van der Waals surface area (Å²) in [6.45, 7) is 13.4. The second-order valence-electron chi connectivity index (χ2n) is 2.93. The van der Waals surface area contributed by atoms with Crippen molar-refractivity contribution in [3.63, 3.8) is 0 Å². The minimum Gasteiger partial charge on any atom is -0.570 e. The van der Waals surface area contributed by atoms with Crippen molar-refractivity contribution in [1.29, 1.82) is 0 Å². The third-order valence-corrected chi connectivity index (χ3v) is 0. The second kappa shape index (κ2) is 19.6. The quantitative estimate of drug-likeness (QED) is 0.313. The van der Waals surface area contributed by atoms with Crippen molar-refractivity contribution in [2.24, 2.45) is 0 Å². The van der Waals surface area contributed by atoms with Gasteiger partial charge in [0.15, 0.2) is 0 Å². The van der Waals surface area contributed by atoms with E-state index in [1.807, 2.05) is 0 Å². The first-order valence-electron chi connectivity index (χ1n) is 3.30. The van der Waals surface area contributed by atoms with E-state index in [-0.39, 0.29) is 24.6 Å². The average Bonchev–Trinajstić information content (AvgIpc) is 1.54. The van der Waals surface area contributed by atoms with Crippen LogP contribution in [0.3, 0.4) is 0 Å². The first kappa shape index (κ1) is 24.4. The van der Waals surface area contributed by atoms with Crippen molar-refractivity contribution in [1.82, 2.24) is 0 Å². The maximum absolute atomic E-state index is 4.17. The van der Waals surface area contributed by atoms with Crippen LogP contribution in [0.4, 0.5) is 0 Å². The van der Waals surface area contributed by atoms with Gasteiger partial charge in [0, 0.05) is 0 Å². The third-order valence-electron chi connectivity index (χ3n) is 0. The van der Waals surface area contributed by atoms with Crippen molar-refractivity contribution < 1.29 is 21.1 Å². The van der Waals surface area contributed by atoms with E-state index < -0.39 is 0 Å². The Morgan fingerprint density at radius 2 is 0.846 bits per heavy atom. The summed E-state index contributed by atoms with van der Waals surface area (Å²) in [7, 11) is 0.759. The zero-order chi connectivity index (χ0) is 10.7. The van der Waals surface area contributed by atoms with Gasteiger partial charge in [-0.2, -0.15) is 0 Å². The van der Waals surface area contributed by atoms with Crippen molar-refractivity contribution >= 4 is 56.8 Å². The van der Waals surface area contributed by atoms with E-state index in [1.165, 1.54) is 0 Å². The molecule has 0 heterocycles. The molecular formula is C7H18P2PtS3. The Morgan fingerprint density at radius 3 is 0.846 bits per heavy atom. The Morgan fingerprint density at radius 1 is 0.846 bits per heavy atom. The summed E-state index contributed by atoms with van der Waals surface area (Å²) in [6.07, 6.45) is 0. The Kier molecular flexibility index (Phi) is 36.8. The number of hydrogen-bond donors (Lipinski definition) is 0. The van der Waals surface area contributed by atoms with Crippen LogP contribution in [0.5, 0.6) is 0 Å². The molecule has 0 fully saturated rings. The van der Waals surface area contributed by atoms with Crippen LogP contribution in [0.25, 0.3) is 0 Å². The smallest absolute Gasteiger partial charge is 0.570 e. The molecule has 0 unspecified atom stereocenters. The molecule has 0 aromatic rings. The normalized spacial score (nSPS) is 7.38. The summed E-state index contributed by atoms with van der Waals surface area (Å²) in [6, 6.07) is 0. The standard InChI is InChI=1S/2C3H9P.CH2S3.Pt/c2*1-4(2)3;2-1(3)4;/h2*1-3H3;(H2,2,3,4);/q;;;+2/p-2. The van der Waals surface area contributed by atoms with Crippen LogP contribution in [0.2, 0.25) is 0 Å². The number of thiocarbonyl (C=S) groups is 1. The van der Waals surface area contributed by atoms with Crippen molar-refractivity contribution in [2.45, 2.75) is 0 Å². The molecule has 0 amide bonds. The van der Waals surface area contributed by atoms with Crippen LogP contribution < -0.4 is 0 Å². The van der Waals surface area contributed by atoms with Gasteiger partial charge in [-0.05, 0) is 40.0 Å². The van der Waals surface area contributed by atoms with Gasteiger partial charge in [0.2, 0.25) is 0 Å². The minimum atomic E-state index is 0. The number of rotatable bonds is 0. The molecule has 0 nitrogen and oxygen atoms in total. The van der Waals surface area contributed by atoms with Gasteiger partial charge >= 0.3 is 21.1 Å². The monoisotopic (exact) mass is 455 g/mol. The Hall–Kier alpha value is 2.08. The Balaban J connectivity index is -0.0000000450. The van der Waals surface area contributed by atoms with E-state index in [4.69, 9.17) is 0 Å². The average molecular weight is 455 g/mol. The zero-order valence-electron chi connectivity index (χ0n) is 8.94. The van der Waals surface area contributed by atoms with E-state index in [2.05, 4.69) is 77.5 Å². The van der Waals surface area contributed by atoms with Gasteiger partial charge in [0.25, 0.3) is 0 Å². The summed E-state index contributed by atoms with van der Waals surface area (Å²) in [4.78, 5) is 0. The molecule has 6 heteroatoms. The predicted molar refractivity (Wildman–Crippen MR) is 76.7 cm³/mol. The molecule has 0 saturated carbocycles. The first-order valence-corrected chi connectivity index (χ1v) is 9.89. The van der Waals surface area contributed by atoms with Gasteiger partial charge in [0.1, 0.15) is 0 Å². The molecule has 0 saturated heterocycles. The summed E-state index contributed by atoms with van der Waals surface area (Å²) in [5.41, 5.74) is 0. The summed E-state index contributed by atoms with van der Waals surface area (Å²) in [5, 5.41) is 0. The SMILES string of the molecule is CP(C)C.CP(C)C.S=C([S-])[S-].[Pt+2]. The van der Waals surface area contributed by atoms with Crippen LogP contribution in [0.15, 0.2) is 0 Å². The molecule has 0 radical (unpaired) electrons. The third kappa shape index (κ3) is 475. The van der Waals surface area contributed by atoms with E-state index >= 15 is 0 Å². The summed E-state index contributed by atoms with van der Waals surface area (Å²) < 4.78 is 0.167. The van der Waals surface area contributed by atoms with Gasteiger partial charge in [-0.15, -0.1) is 15.8 Å². The number of hydrogen-bond acceptors (Lipinski definition) is 3. The van der Waals surface area contributed by atoms with Crippen molar-refractivity contribution in [2.75, 3.05) is 40.0 Å². The molecule has 0 aliphatic heterocycles. The minimum absolute atomic E-state index is 0. The maximum atomic E-state index is 4.17. The molecule has 0 spiro atoms. The van der Waals surface area contributed by atoms with Crippen LogP contribution in [0.1, 0.15) is 0 Å². The molecule has 0 aromatic heterocycles. The van der Waals surface area contributed by atoms with Gasteiger partial charge in [-0.1, -0.05) is 0 Å². The van der Waals surface area contributed by atoms with E-state index in [1.54, 1.807) is 0 Å². The van der Waals surface area contributed by atoms with Gasteiger partial charge < -0.3 is 37.5 Å². The van der Waals surface area contributed by atoms with Gasteiger partial charge in [0.05, 0.1) is 0 Å². The molecule has 0 aliphatic rings. The van der Waals surface area contributed by atoms with Crippen molar-refractivity contribution in [3.05, 3.63) is 0 Å². The predicted octanol–water partition coefficient (Wildman–Crippen LogP) is 3.08. The maximum Gasteiger partial charge on any atom is 2.00 e. The fraction of sp³-hybridized carbons (Fsp3) is 0.857. The fourth-order valence-electron chi connectivity index (χ4n) is 0. The molecule has 84 valence electrons. The fourth-order valence-corrected chi connectivity index (χ4v) is 0. The van der Waals surface area contributed by atoms with Gasteiger partial charge in [-0.3, -0.25) is 3.53 Å². The van der Waals surface area contributed by atoms with Gasteiger partial charge in [-0.25, -0.2) is 0 Å². The molecular weight excluding hydrogens is 437 g/mol. The van der Waals surface area contributed by atoms with E-state index in [0.29, 0.717) is 15.8 Å². The topological polar surface area (TPSA) is 0 Å². The van der Waals surface area contributed by atoms with Crippen molar-refractivity contribution in [3.8, 4) is 0 Å². The Bertz CT molecular complexity index is 84.2. The molecule has 13 heavy (non-hydrogen) atoms. The molecule has 0 aromatic carbocycles. The zero-order valence-corrected chi connectivity index (χ0v) is 15.4. The molecule has 0 rings (SSSR count). The molecule has 0 N–H and O–H groups in total. The van der Waals surface area contributed by atoms with Crippen LogP contribution in [0, 0.1) is 0 Å². The second-order valence-corrected chi connectivity index (χ2v) is 10.3. The van der Waals surface area contributed by atoms with Crippen LogP contribution in [-0.4, -0.2) is 43.5 Å².